The van der Waals surface area contributed by atoms with Gasteiger partial charge in [0.2, 0.25) is 17.8 Å². The van der Waals surface area contributed by atoms with Crippen molar-refractivity contribution in [2.24, 2.45) is 0 Å². The molecule has 2 heterocycles. The SMILES string of the molecule is C#CCCCN(CC(=O)N1CCc2nc(NC3Cc4ccccc4C3)ncc2C1)C(C)=O. The molecule has 7 heteroatoms. The molecule has 2 amide bonds. The monoisotopic (exact) mass is 431 g/mol. The van der Waals surface area contributed by atoms with Crippen LogP contribution in [-0.2, 0) is 35.4 Å². The third kappa shape index (κ3) is 5.08. The fourth-order valence-electron chi connectivity index (χ4n) is 4.43. The van der Waals surface area contributed by atoms with Crippen molar-refractivity contribution in [1.82, 2.24) is 19.8 Å². The molecule has 1 aliphatic heterocycles. The maximum atomic E-state index is 12.8. The van der Waals surface area contributed by atoms with Crippen LogP contribution in [0, 0.1) is 12.3 Å². The van der Waals surface area contributed by atoms with E-state index in [9.17, 15) is 9.59 Å². The molecule has 1 aliphatic carbocycles. The molecule has 0 fully saturated rings. The molecule has 2 aromatic rings. The quantitative estimate of drug-likeness (QED) is 0.537. The highest BCUT2D eigenvalue weighted by Crippen LogP contribution is 2.24. The molecule has 0 saturated carbocycles. The highest BCUT2D eigenvalue weighted by atomic mass is 16.2. The Kier molecular flexibility index (Phi) is 6.69. The van der Waals surface area contributed by atoms with E-state index < -0.39 is 0 Å². The molecule has 7 nitrogen and oxygen atoms in total. The molecule has 1 aromatic carbocycles. The lowest BCUT2D eigenvalue weighted by atomic mass is 10.1. The van der Waals surface area contributed by atoms with Crippen LogP contribution in [-0.4, -0.2) is 57.3 Å². The highest BCUT2D eigenvalue weighted by Gasteiger charge is 2.26. The van der Waals surface area contributed by atoms with Gasteiger partial charge in [-0.05, 0) is 30.4 Å². The molecule has 1 aromatic heterocycles. The van der Waals surface area contributed by atoms with Gasteiger partial charge in [-0.3, -0.25) is 9.59 Å². The first kappa shape index (κ1) is 21.8. The van der Waals surface area contributed by atoms with Crippen LogP contribution >= 0.6 is 0 Å². The molecule has 0 saturated heterocycles. The molecule has 0 unspecified atom stereocenters. The topological polar surface area (TPSA) is 78.4 Å². The number of unbranched alkanes of at least 4 members (excludes halogenated alkanes) is 1. The van der Waals surface area contributed by atoms with Crippen molar-refractivity contribution >= 4 is 17.8 Å². The van der Waals surface area contributed by atoms with Crippen molar-refractivity contribution in [3.8, 4) is 12.3 Å². The van der Waals surface area contributed by atoms with E-state index in [0.29, 0.717) is 50.9 Å². The summed E-state index contributed by atoms with van der Waals surface area (Å²) in [6.45, 7) is 3.13. The van der Waals surface area contributed by atoms with E-state index in [2.05, 4.69) is 40.5 Å². The predicted molar refractivity (Wildman–Crippen MR) is 123 cm³/mol. The van der Waals surface area contributed by atoms with Crippen LogP contribution in [0.4, 0.5) is 5.95 Å². The van der Waals surface area contributed by atoms with E-state index in [1.807, 2.05) is 6.20 Å². The molecule has 0 atom stereocenters. The fourth-order valence-corrected chi connectivity index (χ4v) is 4.43. The van der Waals surface area contributed by atoms with Gasteiger partial charge >= 0.3 is 0 Å². The Morgan fingerprint density at radius 2 is 2.00 bits per heavy atom. The molecule has 1 N–H and O–H groups in total. The number of carbonyl (C=O) groups excluding carboxylic acids is 2. The van der Waals surface area contributed by atoms with E-state index in [1.54, 1.807) is 9.80 Å². The van der Waals surface area contributed by atoms with Gasteiger partial charge in [-0.15, -0.1) is 12.3 Å². The summed E-state index contributed by atoms with van der Waals surface area (Å²) in [4.78, 5) is 37.3. The third-order valence-corrected chi connectivity index (χ3v) is 6.19. The molecule has 2 aliphatic rings. The standard InChI is InChI=1S/C25H29N5O2/c1-3-4-7-11-29(18(2)31)17-24(32)30-12-10-23-21(16-30)15-26-25(28-23)27-22-13-19-8-5-6-9-20(19)14-22/h1,5-6,8-9,15,22H,4,7,10-14,16-17H2,2H3,(H,26,27,28). The van der Waals surface area contributed by atoms with Crippen LogP contribution in [0.1, 0.15) is 42.1 Å². The lowest BCUT2D eigenvalue weighted by molar-refractivity contribution is -0.140. The zero-order valence-electron chi connectivity index (χ0n) is 18.5. The maximum absolute atomic E-state index is 12.8. The Hall–Kier alpha value is -3.40. The number of hydrogen-bond donors (Lipinski definition) is 1. The average molecular weight is 432 g/mol. The summed E-state index contributed by atoms with van der Waals surface area (Å²) in [7, 11) is 0. The number of carbonyl (C=O) groups is 2. The first-order valence-electron chi connectivity index (χ1n) is 11.2. The number of benzene rings is 1. The van der Waals surface area contributed by atoms with E-state index in [-0.39, 0.29) is 18.4 Å². The summed E-state index contributed by atoms with van der Waals surface area (Å²) in [5, 5.41) is 3.47. The zero-order valence-corrected chi connectivity index (χ0v) is 18.5. The zero-order chi connectivity index (χ0) is 22.5. The van der Waals surface area contributed by atoms with Gasteiger partial charge in [0, 0.05) is 57.2 Å². The number of nitrogens with one attached hydrogen (secondary N) is 1. The average Bonchev–Trinajstić information content (AvgIpc) is 3.20. The Bertz CT molecular complexity index is 1020. The van der Waals surface area contributed by atoms with Crippen LogP contribution in [0.2, 0.25) is 0 Å². The lowest BCUT2D eigenvalue weighted by Gasteiger charge is -2.30. The first-order valence-corrected chi connectivity index (χ1v) is 11.2. The van der Waals surface area contributed by atoms with Gasteiger partial charge in [0.1, 0.15) is 0 Å². The first-order chi connectivity index (χ1) is 15.5. The summed E-state index contributed by atoms with van der Waals surface area (Å²) in [6.07, 6.45) is 11.0. The van der Waals surface area contributed by atoms with Gasteiger partial charge in [-0.25, -0.2) is 9.97 Å². The number of nitrogens with zero attached hydrogens (tertiary/aromatic N) is 4. The molecule has 166 valence electrons. The van der Waals surface area contributed by atoms with Crippen LogP contribution < -0.4 is 5.32 Å². The Morgan fingerprint density at radius 1 is 1.25 bits per heavy atom. The number of fused-ring (bicyclic) bond motifs is 2. The number of amides is 2. The van der Waals surface area contributed by atoms with Crippen LogP contribution in [0.15, 0.2) is 30.5 Å². The van der Waals surface area contributed by atoms with E-state index in [4.69, 9.17) is 11.4 Å². The van der Waals surface area contributed by atoms with Gasteiger partial charge < -0.3 is 15.1 Å². The minimum Gasteiger partial charge on any atom is -0.351 e. The maximum Gasteiger partial charge on any atom is 0.242 e. The van der Waals surface area contributed by atoms with Gasteiger partial charge in [0.05, 0.1) is 12.2 Å². The molecule has 4 rings (SSSR count). The molecule has 0 spiro atoms. The van der Waals surface area contributed by atoms with Gasteiger partial charge in [0.25, 0.3) is 0 Å². The van der Waals surface area contributed by atoms with E-state index >= 15 is 0 Å². The number of aromatic nitrogens is 2. The van der Waals surface area contributed by atoms with Gasteiger partial charge in [0.15, 0.2) is 0 Å². The predicted octanol–water partition coefficient (Wildman–Crippen LogP) is 2.20. The van der Waals surface area contributed by atoms with Crippen molar-refractivity contribution in [3.63, 3.8) is 0 Å². The molecule has 32 heavy (non-hydrogen) atoms. The van der Waals surface area contributed by atoms with Crippen molar-refractivity contribution in [2.75, 3.05) is 25.0 Å². The largest absolute Gasteiger partial charge is 0.351 e. The van der Waals surface area contributed by atoms with Gasteiger partial charge in [-0.2, -0.15) is 0 Å². The summed E-state index contributed by atoms with van der Waals surface area (Å²) in [5.41, 5.74) is 4.72. The molecule has 0 bridgehead atoms. The Morgan fingerprint density at radius 3 is 2.69 bits per heavy atom. The van der Waals surface area contributed by atoms with Crippen molar-refractivity contribution < 1.29 is 9.59 Å². The number of rotatable bonds is 7. The van der Waals surface area contributed by atoms with Gasteiger partial charge in [-0.1, -0.05) is 24.3 Å². The molecule has 0 radical (unpaired) electrons. The normalized spacial score (nSPS) is 14.9. The van der Waals surface area contributed by atoms with Crippen molar-refractivity contribution in [3.05, 3.63) is 52.8 Å². The summed E-state index contributed by atoms with van der Waals surface area (Å²) < 4.78 is 0. The second-order valence-corrected chi connectivity index (χ2v) is 8.50. The third-order valence-electron chi connectivity index (χ3n) is 6.19. The number of anilines is 1. The van der Waals surface area contributed by atoms with E-state index in [0.717, 1.165) is 24.1 Å². The summed E-state index contributed by atoms with van der Waals surface area (Å²) >= 11 is 0. The smallest absolute Gasteiger partial charge is 0.242 e. The molecular formula is C25H29N5O2. The minimum absolute atomic E-state index is 0.0579. The van der Waals surface area contributed by atoms with Crippen molar-refractivity contribution in [1.29, 1.82) is 0 Å². The number of hydrogen-bond acceptors (Lipinski definition) is 5. The Balaban J connectivity index is 1.34. The Labute approximate surface area is 189 Å². The molecular weight excluding hydrogens is 402 g/mol. The lowest BCUT2D eigenvalue weighted by Crippen LogP contribution is -2.44. The second kappa shape index (κ2) is 9.82. The second-order valence-electron chi connectivity index (χ2n) is 8.50. The minimum atomic E-state index is -0.110. The number of terminal acetylenes is 1. The van der Waals surface area contributed by atoms with E-state index in [1.165, 1.54) is 18.1 Å². The van der Waals surface area contributed by atoms with Crippen molar-refractivity contribution in [2.45, 2.75) is 51.6 Å². The highest BCUT2D eigenvalue weighted by molar-refractivity contribution is 5.84. The van der Waals surface area contributed by atoms with Crippen LogP contribution in [0.3, 0.4) is 0 Å². The van der Waals surface area contributed by atoms with Crippen LogP contribution in [0.5, 0.6) is 0 Å². The summed E-state index contributed by atoms with van der Waals surface area (Å²) in [5.74, 6) is 3.05. The fraction of sp³-hybridized carbons (Fsp3) is 0.440. The van der Waals surface area contributed by atoms with Crippen LogP contribution in [0.25, 0.3) is 0 Å². The summed E-state index contributed by atoms with van der Waals surface area (Å²) in [6, 6.07) is 8.82.